The molecule has 3 heterocycles. The molecule has 4 nitrogen and oxygen atoms in total. The molecule has 0 radical (unpaired) electrons. The average molecular weight is 287 g/mol. The highest BCUT2D eigenvalue weighted by Gasteiger charge is 2.24. The van der Waals surface area contributed by atoms with Gasteiger partial charge in [-0.25, -0.2) is 4.98 Å². The van der Waals surface area contributed by atoms with Gasteiger partial charge in [0, 0.05) is 25.8 Å². The molecule has 1 atom stereocenters. The highest BCUT2D eigenvalue weighted by Crippen LogP contribution is 2.32. The van der Waals surface area contributed by atoms with Gasteiger partial charge in [0.15, 0.2) is 0 Å². The highest BCUT2D eigenvalue weighted by molar-refractivity contribution is 5.51. The molecule has 2 aliphatic rings. The quantitative estimate of drug-likeness (QED) is 0.802. The van der Waals surface area contributed by atoms with Crippen molar-refractivity contribution >= 4 is 12.2 Å². The molecule has 114 valence electrons. The standard InChI is InChI=1S/C17H25N3O/c1-14-11-17(19-8-4-2-5-9-19)18-12-15(14)16-7-3-6-10-20(16)13-21/h11-13,16H,2-10H2,1H3/t16-/m0/s1. The Labute approximate surface area is 127 Å². The van der Waals surface area contributed by atoms with E-state index in [0.29, 0.717) is 0 Å². The molecule has 3 rings (SSSR count). The predicted molar refractivity (Wildman–Crippen MR) is 84.4 cm³/mol. The molecule has 2 saturated heterocycles. The number of hydrogen-bond acceptors (Lipinski definition) is 3. The minimum atomic E-state index is 0.221. The molecule has 0 aliphatic carbocycles. The van der Waals surface area contributed by atoms with Gasteiger partial charge in [-0.2, -0.15) is 0 Å². The van der Waals surface area contributed by atoms with E-state index in [4.69, 9.17) is 4.98 Å². The van der Waals surface area contributed by atoms with Crippen molar-refractivity contribution in [3.63, 3.8) is 0 Å². The van der Waals surface area contributed by atoms with Gasteiger partial charge in [-0.1, -0.05) is 0 Å². The third-order valence-electron chi connectivity index (χ3n) is 4.86. The lowest BCUT2D eigenvalue weighted by atomic mass is 9.94. The Morgan fingerprint density at radius 2 is 1.90 bits per heavy atom. The van der Waals surface area contributed by atoms with Gasteiger partial charge in [-0.3, -0.25) is 4.79 Å². The summed E-state index contributed by atoms with van der Waals surface area (Å²) in [5.74, 6) is 1.10. The number of anilines is 1. The zero-order valence-electron chi connectivity index (χ0n) is 12.9. The molecule has 0 spiro atoms. The molecule has 1 aromatic heterocycles. The van der Waals surface area contributed by atoms with Crippen molar-refractivity contribution in [3.8, 4) is 0 Å². The third-order valence-corrected chi connectivity index (χ3v) is 4.86. The average Bonchev–Trinajstić information content (AvgIpc) is 2.55. The van der Waals surface area contributed by atoms with E-state index >= 15 is 0 Å². The van der Waals surface area contributed by atoms with Gasteiger partial charge in [-0.05, 0) is 62.6 Å². The van der Waals surface area contributed by atoms with E-state index in [1.54, 1.807) is 0 Å². The van der Waals surface area contributed by atoms with Crippen LogP contribution < -0.4 is 4.90 Å². The molecule has 0 saturated carbocycles. The summed E-state index contributed by atoms with van der Waals surface area (Å²) >= 11 is 0. The number of aryl methyl sites for hydroxylation is 1. The Hall–Kier alpha value is -1.58. The maximum atomic E-state index is 11.3. The van der Waals surface area contributed by atoms with Crippen LogP contribution in [0.15, 0.2) is 12.3 Å². The van der Waals surface area contributed by atoms with Gasteiger partial charge in [0.25, 0.3) is 0 Å². The van der Waals surface area contributed by atoms with Crippen LogP contribution in [0.2, 0.25) is 0 Å². The number of rotatable bonds is 3. The van der Waals surface area contributed by atoms with Crippen LogP contribution in [0, 0.1) is 6.92 Å². The second kappa shape index (κ2) is 6.46. The van der Waals surface area contributed by atoms with Gasteiger partial charge in [0.05, 0.1) is 6.04 Å². The molecular formula is C17H25N3O. The van der Waals surface area contributed by atoms with Crippen LogP contribution in [0.25, 0.3) is 0 Å². The van der Waals surface area contributed by atoms with Crippen LogP contribution in [-0.2, 0) is 4.79 Å². The van der Waals surface area contributed by atoms with E-state index in [-0.39, 0.29) is 6.04 Å². The molecule has 4 heteroatoms. The first-order valence-corrected chi connectivity index (χ1v) is 8.22. The molecule has 0 N–H and O–H groups in total. The third kappa shape index (κ3) is 3.04. The number of piperidine rings is 2. The summed E-state index contributed by atoms with van der Waals surface area (Å²) in [7, 11) is 0. The Bertz CT molecular complexity index is 497. The topological polar surface area (TPSA) is 36.4 Å². The highest BCUT2D eigenvalue weighted by atomic mass is 16.1. The van der Waals surface area contributed by atoms with Gasteiger partial charge >= 0.3 is 0 Å². The van der Waals surface area contributed by atoms with Crippen LogP contribution in [-0.4, -0.2) is 35.9 Å². The van der Waals surface area contributed by atoms with Crippen molar-refractivity contribution < 1.29 is 4.79 Å². The number of carbonyl (C=O) groups is 1. The molecule has 1 aromatic rings. The smallest absolute Gasteiger partial charge is 0.210 e. The van der Waals surface area contributed by atoms with Crippen LogP contribution in [0.5, 0.6) is 0 Å². The molecule has 0 aromatic carbocycles. The van der Waals surface area contributed by atoms with Crippen molar-refractivity contribution in [2.45, 2.75) is 51.5 Å². The predicted octanol–water partition coefficient (Wildman–Crippen LogP) is 3.06. The molecule has 2 aliphatic heterocycles. The van der Waals surface area contributed by atoms with E-state index < -0.39 is 0 Å². The summed E-state index contributed by atoms with van der Waals surface area (Å²) in [6.45, 7) is 5.27. The number of pyridine rings is 1. The molecule has 0 bridgehead atoms. The summed E-state index contributed by atoms with van der Waals surface area (Å²) in [5.41, 5.74) is 2.49. The SMILES string of the molecule is Cc1cc(N2CCCCC2)ncc1[C@@H]1CCCCN1C=O. The van der Waals surface area contributed by atoms with Gasteiger partial charge in [-0.15, -0.1) is 0 Å². The fourth-order valence-electron chi connectivity index (χ4n) is 3.61. The van der Waals surface area contributed by atoms with Crippen molar-refractivity contribution in [3.05, 3.63) is 23.4 Å². The van der Waals surface area contributed by atoms with Gasteiger partial charge < -0.3 is 9.80 Å². The number of aromatic nitrogens is 1. The van der Waals surface area contributed by atoms with Crippen molar-refractivity contribution in [2.24, 2.45) is 0 Å². The lowest BCUT2D eigenvalue weighted by molar-refractivity contribution is -0.121. The number of carbonyl (C=O) groups excluding carboxylic acids is 1. The number of amides is 1. The lowest BCUT2D eigenvalue weighted by Crippen LogP contribution is -2.33. The minimum absolute atomic E-state index is 0.221. The Morgan fingerprint density at radius 1 is 1.14 bits per heavy atom. The fourth-order valence-corrected chi connectivity index (χ4v) is 3.61. The summed E-state index contributed by atoms with van der Waals surface area (Å²) in [6, 6.07) is 2.43. The minimum Gasteiger partial charge on any atom is -0.357 e. The fraction of sp³-hybridized carbons (Fsp3) is 0.647. The van der Waals surface area contributed by atoms with Crippen molar-refractivity contribution in [1.29, 1.82) is 0 Å². The van der Waals surface area contributed by atoms with Crippen LogP contribution in [0.4, 0.5) is 5.82 Å². The zero-order chi connectivity index (χ0) is 14.7. The summed E-state index contributed by atoms with van der Waals surface area (Å²) in [4.78, 5) is 20.3. The molecular weight excluding hydrogens is 262 g/mol. The molecule has 2 fully saturated rings. The van der Waals surface area contributed by atoms with E-state index in [1.807, 2.05) is 11.1 Å². The monoisotopic (exact) mass is 287 g/mol. The van der Waals surface area contributed by atoms with Crippen LogP contribution in [0.3, 0.4) is 0 Å². The second-order valence-electron chi connectivity index (χ2n) is 6.30. The maximum Gasteiger partial charge on any atom is 0.210 e. The van der Waals surface area contributed by atoms with Gasteiger partial charge in [0.1, 0.15) is 5.82 Å². The van der Waals surface area contributed by atoms with Gasteiger partial charge in [0.2, 0.25) is 6.41 Å². The zero-order valence-corrected chi connectivity index (χ0v) is 12.9. The molecule has 1 amide bonds. The first-order chi connectivity index (χ1) is 10.3. The number of likely N-dealkylation sites (tertiary alicyclic amines) is 1. The molecule has 21 heavy (non-hydrogen) atoms. The maximum absolute atomic E-state index is 11.3. The van der Waals surface area contributed by atoms with E-state index in [2.05, 4.69) is 17.9 Å². The largest absolute Gasteiger partial charge is 0.357 e. The van der Waals surface area contributed by atoms with E-state index in [0.717, 1.165) is 44.7 Å². The summed E-state index contributed by atoms with van der Waals surface area (Å²) < 4.78 is 0. The molecule has 0 unspecified atom stereocenters. The Kier molecular flexibility index (Phi) is 4.42. The Balaban J connectivity index is 1.81. The van der Waals surface area contributed by atoms with E-state index in [9.17, 15) is 4.79 Å². The van der Waals surface area contributed by atoms with Crippen molar-refractivity contribution in [2.75, 3.05) is 24.5 Å². The second-order valence-corrected chi connectivity index (χ2v) is 6.30. The normalized spacial score (nSPS) is 23.2. The Morgan fingerprint density at radius 3 is 2.62 bits per heavy atom. The number of hydrogen-bond donors (Lipinski definition) is 0. The first-order valence-electron chi connectivity index (χ1n) is 8.22. The summed E-state index contributed by atoms with van der Waals surface area (Å²) in [5, 5.41) is 0. The number of nitrogens with zero attached hydrogens (tertiary/aromatic N) is 3. The van der Waals surface area contributed by atoms with Crippen LogP contribution in [0.1, 0.15) is 55.7 Å². The van der Waals surface area contributed by atoms with Crippen molar-refractivity contribution in [1.82, 2.24) is 9.88 Å². The lowest BCUT2D eigenvalue weighted by Gasteiger charge is -2.34. The van der Waals surface area contributed by atoms with Crippen LogP contribution >= 0.6 is 0 Å². The first kappa shape index (κ1) is 14.4. The van der Waals surface area contributed by atoms with E-state index in [1.165, 1.54) is 36.8 Å². The summed E-state index contributed by atoms with van der Waals surface area (Å²) in [6.07, 6.45) is 10.3.